The Bertz CT molecular complexity index is 411. The number of benzene rings is 1. The quantitative estimate of drug-likeness (QED) is 0.328. The second-order valence-corrected chi connectivity index (χ2v) is 4.31. The van der Waals surface area contributed by atoms with E-state index in [9.17, 15) is 5.11 Å². The minimum atomic E-state index is 0.126. The molecule has 3 nitrogen and oxygen atoms in total. The van der Waals surface area contributed by atoms with Crippen molar-refractivity contribution in [3.63, 3.8) is 0 Å². The average Bonchev–Trinajstić information content (AvgIpc) is 2.37. The summed E-state index contributed by atoms with van der Waals surface area (Å²) in [5.41, 5.74) is 1.47. The van der Waals surface area contributed by atoms with Crippen LogP contribution < -0.4 is 0 Å². The van der Waals surface area contributed by atoms with Gasteiger partial charge in [0.1, 0.15) is 5.75 Å². The van der Waals surface area contributed by atoms with Crippen LogP contribution in [0.4, 0.5) is 0 Å². The van der Waals surface area contributed by atoms with E-state index in [2.05, 4.69) is 18.2 Å². The molecule has 0 aromatic heterocycles. The maximum Gasteiger partial charge on any atom is 0.125 e. The zero-order chi connectivity index (χ0) is 13.2. The molecule has 0 bridgehead atoms. The van der Waals surface area contributed by atoms with Crippen LogP contribution in [0.25, 0.3) is 6.08 Å². The average molecular weight is 247 g/mol. The summed E-state index contributed by atoms with van der Waals surface area (Å²) in [5, 5.41) is 21.0. The summed E-state index contributed by atoms with van der Waals surface area (Å²) in [7, 11) is 0. The molecule has 18 heavy (non-hydrogen) atoms. The molecule has 0 fully saturated rings. The lowest BCUT2D eigenvalue weighted by Crippen LogP contribution is -1.83. The minimum absolute atomic E-state index is 0.126. The van der Waals surface area contributed by atoms with Crippen molar-refractivity contribution >= 4 is 12.3 Å². The third kappa shape index (κ3) is 5.04. The van der Waals surface area contributed by atoms with Crippen molar-refractivity contribution in [2.75, 3.05) is 0 Å². The van der Waals surface area contributed by atoms with Gasteiger partial charge in [-0.2, -0.15) is 0 Å². The van der Waals surface area contributed by atoms with Gasteiger partial charge >= 0.3 is 0 Å². The molecule has 1 rings (SSSR count). The lowest BCUT2D eigenvalue weighted by Gasteiger charge is -2.00. The molecule has 0 heterocycles. The van der Waals surface area contributed by atoms with Crippen LogP contribution in [0.1, 0.15) is 50.2 Å². The van der Waals surface area contributed by atoms with Gasteiger partial charge in [0.2, 0.25) is 0 Å². The first-order chi connectivity index (χ1) is 8.77. The Morgan fingerprint density at radius 3 is 2.72 bits per heavy atom. The number of allylic oxidation sites excluding steroid dienone is 1. The Morgan fingerprint density at radius 1 is 1.22 bits per heavy atom. The van der Waals surface area contributed by atoms with Crippen molar-refractivity contribution in [3.8, 4) is 5.75 Å². The molecular weight excluding hydrogens is 226 g/mol. The van der Waals surface area contributed by atoms with Crippen molar-refractivity contribution in [3.05, 3.63) is 35.4 Å². The molecule has 3 heteroatoms. The molecule has 1 aromatic carbocycles. The number of oxime groups is 1. The number of nitrogens with zero attached hydrogens (tertiary/aromatic N) is 1. The Hall–Kier alpha value is -1.77. The maximum atomic E-state index is 9.66. The number of hydrogen-bond acceptors (Lipinski definition) is 3. The summed E-state index contributed by atoms with van der Waals surface area (Å²) in [5.74, 6) is 0.126. The van der Waals surface area contributed by atoms with Gasteiger partial charge in [0, 0.05) is 5.56 Å². The third-order valence-electron chi connectivity index (χ3n) is 2.79. The number of rotatable bonds is 7. The van der Waals surface area contributed by atoms with Gasteiger partial charge in [-0.1, -0.05) is 49.6 Å². The van der Waals surface area contributed by atoms with E-state index < -0.39 is 0 Å². The van der Waals surface area contributed by atoms with Gasteiger partial charge in [-0.25, -0.2) is 0 Å². The van der Waals surface area contributed by atoms with E-state index in [4.69, 9.17) is 5.21 Å². The first-order valence-corrected chi connectivity index (χ1v) is 6.45. The van der Waals surface area contributed by atoms with Gasteiger partial charge in [-0.3, -0.25) is 0 Å². The fourth-order valence-electron chi connectivity index (χ4n) is 1.74. The van der Waals surface area contributed by atoms with E-state index in [1.54, 1.807) is 12.1 Å². The molecule has 2 N–H and O–H groups in total. The fraction of sp³-hybridized carbons (Fsp3) is 0.400. The fourth-order valence-corrected chi connectivity index (χ4v) is 1.74. The zero-order valence-corrected chi connectivity index (χ0v) is 10.8. The lowest BCUT2D eigenvalue weighted by atomic mass is 10.1. The van der Waals surface area contributed by atoms with Crippen LogP contribution in [-0.2, 0) is 0 Å². The smallest absolute Gasteiger partial charge is 0.125 e. The standard InChI is InChI=1S/C15H21NO2/c1-2-3-4-5-6-7-8-13-9-10-14(12-16-18)15(17)11-13/h7-12,17-18H,2-6H2,1H3. The second-order valence-electron chi connectivity index (χ2n) is 4.31. The summed E-state index contributed by atoms with van der Waals surface area (Å²) < 4.78 is 0. The highest BCUT2D eigenvalue weighted by Crippen LogP contribution is 2.18. The van der Waals surface area contributed by atoms with Gasteiger partial charge in [0.15, 0.2) is 0 Å². The minimum Gasteiger partial charge on any atom is -0.507 e. The monoisotopic (exact) mass is 247 g/mol. The van der Waals surface area contributed by atoms with Crippen molar-refractivity contribution in [2.24, 2.45) is 5.16 Å². The number of unbranched alkanes of at least 4 members (excludes halogenated alkanes) is 4. The highest BCUT2D eigenvalue weighted by molar-refractivity contribution is 5.83. The molecule has 0 aliphatic rings. The molecule has 0 radical (unpaired) electrons. The van der Waals surface area contributed by atoms with E-state index in [0.29, 0.717) is 5.56 Å². The first kappa shape index (κ1) is 14.3. The van der Waals surface area contributed by atoms with Crippen LogP contribution in [0.2, 0.25) is 0 Å². The topological polar surface area (TPSA) is 52.8 Å². The molecule has 0 atom stereocenters. The van der Waals surface area contributed by atoms with E-state index in [1.807, 2.05) is 12.1 Å². The predicted octanol–water partition coefficient (Wildman–Crippen LogP) is 4.18. The van der Waals surface area contributed by atoms with E-state index in [-0.39, 0.29) is 5.75 Å². The summed E-state index contributed by atoms with van der Waals surface area (Å²) in [6.45, 7) is 2.20. The highest BCUT2D eigenvalue weighted by Gasteiger charge is 1.98. The number of hydrogen-bond donors (Lipinski definition) is 2. The second kappa shape index (κ2) is 8.34. The number of phenols is 1. The van der Waals surface area contributed by atoms with Gasteiger partial charge < -0.3 is 10.3 Å². The molecule has 0 saturated heterocycles. The lowest BCUT2D eigenvalue weighted by molar-refractivity contribution is 0.321. The van der Waals surface area contributed by atoms with Crippen molar-refractivity contribution in [2.45, 2.75) is 39.0 Å². The summed E-state index contributed by atoms with van der Waals surface area (Å²) >= 11 is 0. The van der Waals surface area contributed by atoms with Crippen LogP contribution in [0.5, 0.6) is 5.75 Å². The van der Waals surface area contributed by atoms with Crippen LogP contribution in [0.3, 0.4) is 0 Å². The van der Waals surface area contributed by atoms with Gasteiger partial charge in [-0.05, 0) is 30.5 Å². The first-order valence-electron chi connectivity index (χ1n) is 6.45. The maximum absolute atomic E-state index is 9.66. The molecule has 0 aliphatic heterocycles. The largest absolute Gasteiger partial charge is 0.507 e. The molecule has 98 valence electrons. The molecule has 0 unspecified atom stereocenters. The highest BCUT2D eigenvalue weighted by atomic mass is 16.4. The normalized spacial score (nSPS) is 11.6. The molecule has 0 spiro atoms. The predicted molar refractivity (Wildman–Crippen MR) is 75.3 cm³/mol. The van der Waals surface area contributed by atoms with E-state index in [1.165, 1.54) is 31.9 Å². The molecule has 0 aliphatic carbocycles. The van der Waals surface area contributed by atoms with Gasteiger partial charge in [0.05, 0.1) is 6.21 Å². The van der Waals surface area contributed by atoms with Crippen molar-refractivity contribution < 1.29 is 10.3 Å². The third-order valence-corrected chi connectivity index (χ3v) is 2.79. The zero-order valence-electron chi connectivity index (χ0n) is 10.8. The van der Waals surface area contributed by atoms with Gasteiger partial charge in [-0.15, -0.1) is 0 Å². The molecule has 0 saturated carbocycles. The number of phenolic OH excluding ortho intramolecular Hbond substituents is 1. The van der Waals surface area contributed by atoms with Crippen LogP contribution in [0.15, 0.2) is 29.4 Å². The van der Waals surface area contributed by atoms with Crippen molar-refractivity contribution in [1.82, 2.24) is 0 Å². The van der Waals surface area contributed by atoms with Crippen LogP contribution >= 0.6 is 0 Å². The van der Waals surface area contributed by atoms with E-state index >= 15 is 0 Å². The SMILES string of the molecule is CCCCCCC=Cc1ccc(C=NO)c(O)c1. The summed E-state index contributed by atoms with van der Waals surface area (Å²) in [6.07, 6.45) is 11.5. The molecular formula is C15H21NO2. The van der Waals surface area contributed by atoms with Crippen LogP contribution in [0, 0.1) is 0 Å². The summed E-state index contributed by atoms with van der Waals surface area (Å²) in [4.78, 5) is 0. The van der Waals surface area contributed by atoms with E-state index in [0.717, 1.165) is 12.0 Å². The molecule has 0 amide bonds. The Morgan fingerprint density at radius 2 is 2.06 bits per heavy atom. The van der Waals surface area contributed by atoms with Gasteiger partial charge in [0.25, 0.3) is 0 Å². The number of aromatic hydroxyl groups is 1. The Labute approximate surface area is 108 Å². The Balaban J connectivity index is 2.47. The molecule has 1 aromatic rings. The summed E-state index contributed by atoms with van der Waals surface area (Å²) in [6, 6.07) is 5.28. The Kier molecular flexibility index (Phi) is 6.62. The van der Waals surface area contributed by atoms with Crippen LogP contribution in [-0.4, -0.2) is 16.5 Å². The van der Waals surface area contributed by atoms with Crippen molar-refractivity contribution in [1.29, 1.82) is 0 Å².